The zero-order chi connectivity index (χ0) is 20.0. The highest BCUT2D eigenvalue weighted by Gasteiger charge is 2.55. The Hall–Kier alpha value is -3.54. The van der Waals surface area contributed by atoms with Crippen LogP contribution in [-0.2, 0) is 14.4 Å². The van der Waals surface area contributed by atoms with Gasteiger partial charge in [-0.3, -0.25) is 19.4 Å². The van der Waals surface area contributed by atoms with E-state index < -0.39 is 29.8 Å². The van der Waals surface area contributed by atoms with Crippen molar-refractivity contribution in [1.82, 2.24) is 9.99 Å². The normalized spacial score (nSPS) is 22.2. The summed E-state index contributed by atoms with van der Waals surface area (Å²) in [6, 6.07) is 2.91. The number of imide groups is 1. The van der Waals surface area contributed by atoms with Crippen LogP contribution in [0, 0.1) is 0 Å². The molecule has 0 aliphatic carbocycles. The van der Waals surface area contributed by atoms with Crippen molar-refractivity contribution >= 4 is 39.9 Å². The number of carbonyl (C=O) groups is 3. The standard InChI is InChI=1S/C17H14N6O5S/c24-12(19-17-18-3-6-29-17)8-22-14-13(20-21-22)15(25)23(16(14)26)9-1-2-10-11(7-9)28-5-4-27-10/h1-3,6-7,13-14H,4-5,8H2,(H,18,19,24)/t13-,14-/m1/s1. The minimum Gasteiger partial charge on any atom is -0.486 e. The number of anilines is 2. The Bertz CT molecular complexity index is 1030. The number of ether oxygens (including phenoxy) is 2. The molecule has 3 amide bonds. The molecule has 12 heteroatoms. The van der Waals surface area contributed by atoms with Crippen molar-refractivity contribution in [1.29, 1.82) is 0 Å². The molecule has 5 rings (SSSR count). The predicted octanol–water partition coefficient (Wildman–Crippen LogP) is 0.846. The van der Waals surface area contributed by atoms with Crippen molar-refractivity contribution in [3.8, 4) is 11.5 Å². The number of aromatic nitrogens is 1. The van der Waals surface area contributed by atoms with Crippen LogP contribution in [0.25, 0.3) is 0 Å². The highest BCUT2D eigenvalue weighted by atomic mass is 32.1. The molecule has 0 saturated carbocycles. The van der Waals surface area contributed by atoms with Crippen LogP contribution in [0.15, 0.2) is 40.1 Å². The maximum Gasteiger partial charge on any atom is 0.263 e. The number of fused-ring (bicyclic) bond motifs is 2. The molecule has 1 aromatic carbocycles. The van der Waals surface area contributed by atoms with Gasteiger partial charge in [-0.15, -0.1) is 11.3 Å². The van der Waals surface area contributed by atoms with Crippen LogP contribution < -0.4 is 19.7 Å². The minimum absolute atomic E-state index is 0.224. The molecule has 1 N–H and O–H groups in total. The first-order valence-electron chi connectivity index (χ1n) is 8.76. The SMILES string of the molecule is O=C(CN1N=N[C@H]2C(=O)N(c3ccc4c(c3)OCCO4)C(=O)[C@@H]21)Nc1nccs1. The Morgan fingerprint density at radius 3 is 2.83 bits per heavy atom. The second kappa shape index (κ2) is 6.81. The van der Waals surface area contributed by atoms with Crippen molar-refractivity contribution < 1.29 is 23.9 Å². The van der Waals surface area contributed by atoms with Gasteiger partial charge in [0, 0.05) is 17.6 Å². The molecule has 29 heavy (non-hydrogen) atoms. The highest BCUT2D eigenvalue weighted by molar-refractivity contribution is 7.13. The molecule has 2 atom stereocenters. The molecule has 0 radical (unpaired) electrons. The number of nitrogens with one attached hydrogen (secondary N) is 1. The van der Waals surface area contributed by atoms with Gasteiger partial charge in [-0.05, 0) is 12.1 Å². The predicted molar refractivity (Wildman–Crippen MR) is 99.8 cm³/mol. The minimum atomic E-state index is -0.983. The number of amides is 3. The van der Waals surface area contributed by atoms with Gasteiger partial charge in [0.2, 0.25) is 5.91 Å². The molecular formula is C17H14N6O5S. The zero-order valence-electron chi connectivity index (χ0n) is 14.8. The maximum atomic E-state index is 13.0. The summed E-state index contributed by atoms with van der Waals surface area (Å²) in [6.45, 7) is 0.606. The molecule has 1 fully saturated rings. The van der Waals surface area contributed by atoms with Crippen molar-refractivity contribution in [2.45, 2.75) is 12.1 Å². The van der Waals surface area contributed by atoms with E-state index in [-0.39, 0.29) is 6.54 Å². The van der Waals surface area contributed by atoms with E-state index in [9.17, 15) is 14.4 Å². The third kappa shape index (κ3) is 2.97. The molecule has 2 aromatic rings. The van der Waals surface area contributed by atoms with Crippen molar-refractivity contribution in [3.05, 3.63) is 29.8 Å². The second-order valence-corrected chi connectivity index (χ2v) is 7.31. The van der Waals surface area contributed by atoms with Crippen LogP contribution in [0.2, 0.25) is 0 Å². The van der Waals surface area contributed by atoms with Crippen molar-refractivity contribution in [3.63, 3.8) is 0 Å². The summed E-state index contributed by atoms with van der Waals surface area (Å²) in [5.74, 6) is -0.378. The van der Waals surface area contributed by atoms with E-state index in [4.69, 9.17) is 9.47 Å². The lowest BCUT2D eigenvalue weighted by molar-refractivity contribution is -0.123. The van der Waals surface area contributed by atoms with Gasteiger partial charge in [-0.1, -0.05) is 5.22 Å². The van der Waals surface area contributed by atoms with Gasteiger partial charge in [0.15, 0.2) is 28.7 Å². The molecular weight excluding hydrogens is 400 g/mol. The van der Waals surface area contributed by atoms with Crippen LogP contribution in [0.1, 0.15) is 0 Å². The number of nitrogens with zero attached hydrogens (tertiary/aromatic N) is 5. The molecule has 1 saturated heterocycles. The summed E-state index contributed by atoms with van der Waals surface area (Å²) in [4.78, 5) is 43.1. The van der Waals surface area contributed by atoms with Gasteiger partial charge >= 0.3 is 0 Å². The fraction of sp³-hybridized carbons (Fsp3) is 0.294. The lowest BCUT2D eigenvalue weighted by atomic mass is 10.1. The molecule has 4 heterocycles. The van der Waals surface area contributed by atoms with Gasteiger partial charge in [0.25, 0.3) is 11.8 Å². The second-order valence-electron chi connectivity index (χ2n) is 6.42. The summed E-state index contributed by atoms with van der Waals surface area (Å²) < 4.78 is 11.0. The van der Waals surface area contributed by atoms with Gasteiger partial charge in [-0.2, -0.15) is 5.11 Å². The summed E-state index contributed by atoms with van der Waals surface area (Å²) >= 11 is 1.27. The van der Waals surface area contributed by atoms with E-state index in [1.54, 1.807) is 29.8 Å². The Balaban J connectivity index is 1.35. The first kappa shape index (κ1) is 17.6. The number of rotatable bonds is 4. The molecule has 3 aliphatic rings. The molecule has 11 nitrogen and oxygen atoms in total. The number of thiazole rings is 1. The van der Waals surface area contributed by atoms with E-state index in [1.807, 2.05) is 0 Å². The molecule has 148 valence electrons. The average molecular weight is 414 g/mol. The van der Waals surface area contributed by atoms with Crippen molar-refractivity contribution in [2.24, 2.45) is 10.3 Å². The first-order chi connectivity index (χ1) is 14.1. The summed E-state index contributed by atoms with van der Waals surface area (Å²) in [5, 5.41) is 13.8. The van der Waals surface area contributed by atoms with Gasteiger partial charge in [0.1, 0.15) is 19.8 Å². The van der Waals surface area contributed by atoms with E-state index in [0.29, 0.717) is 35.5 Å². The van der Waals surface area contributed by atoms with E-state index >= 15 is 0 Å². The Kier molecular flexibility index (Phi) is 4.12. The third-order valence-electron chi connectivity index (χ3n) is 4.63. The first-order valence-corrected chi connectivity index (χ1v) is 9.64. The smallest absolute Gasteiger partial charge is 0.263 e. The molecule has 0 spiro atoms. The van der Waals surface area contributed by atoms with Crippen molar-refractivity contribution in [2.75, 3.05) is 30.0 Å². The quantitative estimate of drug-likeness (QED) is 0.735. The average Bonchev–Trinajstić information content (AvgIpc) is 3.42. The van der Waals surface area contributed by atoms with E-state index in [2.05, 4.69) is 20.6 Å². The monoisotopic (exact) mass is 414 g/mol. The summed E-state index contributed by atoms with van der Waals surface area (Å²) in [7, 11) is 0. The van der Waals surface area contributed by atoms with Gasteiger partial charge in [-0.25, -0.2) is 9.88 Å². The highest BCUT2D eigenvalue weighted by Crippen LogP contribution is 2.37. The molecule has 0 unspecified atom stereocenters. The van der Waals surface area contributed by atoms with Crippen LogP contribution in [-0.4, -0.2) is 59.6 Å². The number of carbonyl (C=O) groups excluding carboxylic acids is 3. The molecule has 0 bridgehead atoms. The van der Waals surface area contributed by atoms with Crippen LogP contribution in [0.4, 0.5) is 10.8 Å². The number of benzene rings is 1. The number of hydrogen-bond donors (Lipinski definition) is 1. The van der Waals surface area contributed by atoms with Gasteiger partial charge in [0.05, 0.1) is 5.69 Å². The summed E-state index contributed by atoms with van der Waals surface area (Å²) in [5.41, 5.74) is 0.362. The summed E-state index contributed by atoms with van der Waals surface area (Å²) in [6.07, 6.45) is 1.57. The van der Waals surface area contributed by atoms with E-state index in [1.165, 1.54) is 16.3 Å². The lowest BCUT2D eigenvalue weighted by Gasteiger charge is -2.22. The zero-order valence-corrected chi connectivity index (χ0v) is 15.7. The van der Waals surface area contributed by atoms with Gasteiger partial charge < -0.3 is 14.8 Å². The van der Waals surface area contributed by atoms with Crippen LogP contribution in [0.3, 0.4) is 0 Å². The van der Waals surface area contributed by atoms with Crippen LogP contribution >= 0.6 is 11.3 Å². The molecule has 3 aliphatic heterocycles. The van der Waals surface area contributed by atoms with E-state index in [0.717, 1.165) is 4.90 Å². The Labute approximate surface area is 167 Å². The maximum absolute atomic E-state index is 13.0. The Morgan fingerprint density at radius 2 is 2.03 bits per heavy atom. The topological polar surface area (TPSA) is 126 Å². The third-order valence-corrected chi connectivity index (χ3v) is 5.31. The fourth-order valence-electron chi connectivity index (χ4n) is 3.37. The molecule has 1 aromatic heterocycles. The number of hydrogen-bond acceptors (Lipinski definition) is 10. The largest absolute Gasteiger partial charge is 0.486 e. The van der Waals surface area contributed by atoms with Crippen LogP contribution in [0.5, 0.6) is 11.5 Å². The Morgan fingerprint density at radius 1 is 1.21 bits per heavy atom. The fourth-order valence-corrected chi connectivity index (χ4v) is 3.92. The lowest BCUT2D eigenvalue weighted by Crippen LogP contribution is -2.43.